The van der Waals surface area contributed by atoms with Crippen LogP contribution in [0.15, 0.2) is 24.3 Å². The highest BCUT2D eigenvalue weighted by Crippen LogP contribution is 2.19. The third kappa shape index (κ3) is 2.38. The molecule has 0 amide bonds. The van der Waals surface area contributed by atoms with E-state index >= 15 is 0 Å². The number of nitriles is 1. The molecule has 1 atom stereocenters. The minimum absolute atomic E-state index is 0.140. The van der Waals surface area contributed by atoms with Gasteiger partial charge >= 0.3 is 5.97 Å². The van der Waals surface area contributed by atoms with E-state index in [2.05, 4.69) is 4.74 Å². The van der Waals surface area contributed by atoms with Crippen LogP contribution in [0.1, 0.15) is 10.4 Å². The lowest BCUT2D eigenvalue weighted by atomic mass is 9.99. The Hall–Kier alpha value is -1.86. The molecule has 0 aromatic heterocycles. The number of carbonyl (C=O) groups excluding carboxylic acids is 2. The molecule has 0 radical (unpaired) electrons. The van der Waals surface area contributed by atoms with Gasteiger partial charge in [-0.1, -0.05) is 23.7 Å². The summed E-state index contributed by atoms with van der Waals surface area (Å²) in [6, 6.07) is 7.82. The van der Waals surface area contributed by atoms with Crippen LogP contribution in [0.3, 0.4) is 0 Å². The van der Waals surface area contributed by atoms with Crippen molar-refractivity contribution < 1.29 is 14.3 Å². The number of benzene rings is 1. The van der Waals surface area contributed by atoms with Crippen molar-refractivity contribution in [1.82, 2.24) is 0 Å². The number of methoxy groups -OCH3 is 1. The molecule has 0 aliphatic rings. The van der Waals surface area contributed by atoms with E-state index in [1.165, 1.54) is 12.1 Å². The van der Waals surface area contributed by atoms with E-state index in [1.54, 1.807) is 18.2 Å². The quantitative estimate of drug-likeness (QED) is 0.457. The first-order valence-electron chi connectivity index (χ1n) is 4.38. The molecule has 0 saturated carbocycles. The summed E-state index contributed by atoms with van der Waals surface area (Å²) < 4.78 is 4.36. The van der Waals surface area contributed by atoms with E-state index in [1.807, 2.05) is 0 Å². The molecule has 0 N–H and O–H groups in total. The van der Waals surface area contributed by atoms with Gasteiger partial charge in [-0.25, -0.2) is 0 Å². The molecule has 1 rings (SSSR count). The fourth-order valence-electron chi connectivity index (χ4n) is 1.15. The molecule has 0 aliphatic carbocycles. The van der Waals surface area contributed by atoms with Crippen LogP contribution in [-0.2, 0) is 9.53 Å². The molecule has 0 aliphatic heterocycles. The Morgan fingerprint density at radius 2 is 2.06 bits per heavy atom. The van der Waals surface area contributed by atoms with Gasteiger partial charge in [0.15, 0.2) is 5.78 Å². The summed E-state index contributed by atoms with van der Waals surface area (Å²) in [5.41, 5.74) is 0.140. The Morgan fingerprint density at radius 1 is 1.44 bits per heavy atom. The van der Waals surface area contributed by atoms with Crippen molar-refractivity contribution in [1.29, 1.82) is 5.26 Å². The molecule has 1 aromatic rings. The molecule has 0 unspecified atom stereocenters. The SMILES string of the molecule is COC(=O)[C@H](C#N)C(=O)c1ccccc1Cl. The lowest BCUT2D eigenvalue weighted by molar-refractivity contribution is -0.141. The summed E-state index contributed by atoms with van der Waals surface area (Å²) >= 11 is 5.79. The number of carbonyl (C=O) groups is 2. The summed E-state index contributed by atoms with van der Waals surface area (Å²) in [7, 11) is 1.12. The summed E-state index contributed by atoms with van der Waals surface area (Å²) in [6.45, 7) is 0. The van der Waals surface area contributed by atoms with Gasteiger partial charge in [0, 0.05) is 5.56 Å². The number of hydrogen-bond acceptors (Lipinski definition) is 4. The number of esters is 1. The Balaban J connectivity index is 3.07. The molecule has 0 fully saturated rings. The Labute approximate surface area is 97.4 Å². The van der Waals surface area contributed by atoms with Gasteiger partial charge in [0.05, 0.1) is 18.2 Å². The average molecular weight is 238 g/mol. The Morgan fingerprint density at radius 3 is 2.56 bits per heavy atom. The molecule has 0 saturated heterocycles. The molecule has 16 heavy (non-hydrogen) atoms. The third-order valence-corrected chi connectivity index (χ3v) is 2.30. The van der Waals surface area contributed by atoms with Crippen LogP contribution < -0.4 is 0 Å². The second kappa shape index (κ2) is 5.29. The average Bonchev–Trinajstić information content (AvgIpc) is 2.30. The fourth-order valence-corrected chi connectivity index (χ4v) is 1.38. The van der Waals surface area contributed by atoms with Crippen molar-refractivity contribution in [3.8, 4) is 6.07 Å². The van der Waals surface area contributed by atoms with Crippen molar-refractivity contribution in [3.63, 3.8) is 0 Å². The van der Waals surface area contributed by atoms with Crippen molar-refractivity contribution in [2.45, 2.75) is 0 Å². The van der Waals surface area contributed by atoms with E-state index in [9.17, 15) is 9.59 Å². The highest BCUT2D eigenvalue weighted by Gasteiger charge is 2.29. The first-order chi connectivity index (χ1) is 7.61. The molecular weight excluding hydrogens is 230 g/mol. The highest BCUT2D eigenvalue weighted by atomic mass is 35.5. The number of hydrogen-bond donors (Lipinski definition) is 0. The molecule has 82 valence electrons. The number of rotatable bonds is 3. The molecule has 0 heterocycles. The largest absolute Gasteiger partial charge is 0.468 e. The summed E-state index contributed by atoms with van der Waals surface area (Å²) in [5, 5.41) is 8.94. The van der Waals surface area contributed by atoms with Gasteiger partial charge in [0.2, 0.25) is 5.92 Å². The minimum atomic E-state index is -1.47. The molecular formula is C11H8ClNO3. The summed E-state index contributed by atoms with van der Waals surface area (Å²) in [5.74, 6) is -3.00. The molecule has 1 aromatic carbocycles. The molecule has 5 heteroatoms. The maximum atomic E-state index is 11.8. The van der Waals surface area contributed by atoms with E-state index in [0.29, 0.717) is 0 Å². The standard InChI is InChI=1S/C11H8ClNO3/c1-16-11(15)8(6-13)10(14)7-4-2-3-5-9(7)12/h2-5,8H,1H3/t8-/m1/s1. The van der Waals surface area contributed by atoms with Gasteiger partial charge in [0.25, 0.3) is 0 Å². The summed E-state index contributed by atoms with van der Waals surface area (Å²) in [4.78, 5) is 22.9. The van der Waals surface area contributed by atoms with Gasteiger partial charge in [-0.2, -0.15) is 5.26 Å². The van der Waals surface area contributed by atoms with E-state index in [4.69, 9.17) is 16.9 Å². The van der Waals surface area contributed by atoms with Gasteiger partial charge in [-0.3, -0.25) is 9.59 Å². The van der Waals surface area contributed by atoms with Crippen LogP contribution in [0.5, 0.6) is 0 Å². The Kier molecular flexibility index (Phi) is 4.03. The smallest absolute Gasteiger partial charge is 0.331 e. The maximum absolute atomic E-state index is 11.8. The number of nitrogens with zero attached hydrogens (tertiary/aromatic N) is 1. The number of ether oxygens (including phenoxy) is 1. The van der Waals surface area contributed by atoms with E-state index < -0.39 is 17.7 Å². The van der Waals surface area contributed by atoms with E-state index in [0.717, 1.165) is 7.11 Å². The minimum Gasteiger partial charge on any atom is -0.468 e. The van der Waals surface area contributed by atoms with Gasteiger partial charge < -0.3 is 4.74 Å². The van der Waals surface area contributed by atoms with Crippen LogP contribution in [0.4, 0.5) is 0 Å². The van der Waals surface area contributed by atoms with Gasteiger partial charge in [-0.15, -0.1) is 0 Å². The van der Waals surface area contributed by atoms with Crippen LogP contribution in [0, 0.1) is 17.2 Å². The monoisotopic (exact) mass is 237 g/mol. The zero-order valence-electron chi connectivity index (χ0n) is 8.44. The van der Waals surface area contributed by atoms with Gasteiger partial charge in [-0.05, 0) is 12.1 Å². The van der Waals surface area contributed by atoms with Crippen LogP contribution in [-0.4, -0.2) is 18.9 Å². The third-order valence-electron chi connectivity index (χ3n) is 1.97. The van der Waals surface area contributed by atoms with Crippen LogP contribution in [0.2, 0.25) is 5.02 Å². The second-order valence-electron chi connectivity index (χ2n) is 2.93. The predicted octanol–water partition coefficient (Wildman–Crippen LogP) is 1.84. The van der Waals surface area contributed by atoms with Crippen molar-refractivity contribution >= 4 is 23.4 Å². The summed E-state index contributed by atoms with van der Waals surface area (Å²) in [6.07, 6.45) is 0. The predicted molar refractivity (Wildman–Crippen MR) is 56.9 cm³/mol. The maximum Gasteiger partial charge on any atom is 0.331 e. The number of halogens is 1. The van der Waals surface area contributed by atoms with Crippen LogP contribution >= 0.6 is 11.6 Å². The number of Topliss-reactive ketones (excluding diaryl/α,β-unsaturated/α-hetero) is 1. The lowest BCUT2D eigenvalue weighted by Crippen LogP contribution is -2.24. The normalized spacial score (nSPS) is 11.3. The highest BCUT2D eigenvalue weighted by molar-refractivity contribution is 6.34. The molecule has 0 spiro atoms. The second-order valence-corrected chi connectivity index (χ2v) is 3.34. The lowest BCUT2D eigenvalue weighted by Gasteiger charge is -2.06. The van der Waals surface area contributed by atoms with Crippen LogP contribution in [0.25, 0.3) is 0 Å². The zero-order chi connectivity index (χ0) is 12.1. The first kappa shape index (κ1) is 12.2. The first-order valence-corrected chi connectivity index (χ1v) is 4.75. The van der Waals surface area contributed by atoms with E-state index in [-0.39, 0.29) is 10.6 Å². The Bertz CT molecular complexity index is 465. The van der Waals surface area contributed by atoms with Crippen molar-refractivity contribution in [2.24, 2.45) is 5.92 Å². The topological polar surface area (TPSA) is 67.2 Å². The van der Waals surface area contributed by atoms with Crippen molar-refractivity contribution in [3.05, 3.63) is 34.9 Å². The van der Waals surface area contributed by atoms with Crippen molar-refractivity contribution in [2.75, 3.05) is 7.11 Å². The zero-order valence-corrected chi connectivity index (χ0v) is 9.19. The molecule has 0 bridgehead atoms. The van der Waals surface area contributed by atoms with Gasteiger partial charge in [0.1, 0.15) is 0 Å². The molecule has 4 nitrogen and oxygen atoms in total. The fraction of sp³-hybridized carbons (Fsp3) is 0.182. The number of ketones is 1.